The number of benzene rings is 1. The molecule has 82 valence electrons. The van der Waals surface area contributed by atoms with Crippen LogP contribution in [0.2, 0.25) is 0 Å². The quantitative estimate of drug-likeness (QED) is 0.800. The summed E-state index contributed by atoms with van der Waals surface area (Å²) in [7, 11) is 0. The number of halogens is 1. The number of hydrogen-bond donors (Lipinski definition) is 1. The number of nitrogens with zero attached hydrogens (tertiary/aromatic N) is 1. The molecule has 1 atom stereocenters. The maximum atomic E-state index is 11.7. The number of aromatic amines is 1. The van der Waals surface area contributed by atoms with Crippen molar-refractivity contribution in [3.63, 3.8) is 0 Å². The van der Waals surface area contributed by atoms with E-state index in [0.29, 0.717) is 6.42 Å². The summed E-state index contributed by atoms with van der Waals surface area (Å²) in [5.74, 6) is 0.188. The molecule has 1 N–H and O–H groups in total. The fourth-order valence-corrected chi connectivity index (χ4v) is 2.68. The third-order valence-electron chi connectivity index (χ3n) is 2.93. The van der Waals surface area contributed by atoms with E-state index < -0.39 is 0 Å². The zero-order chi connectivity index (χ0) is 11.1. The topological polar surface area (TPSA) is 36.1 Å². The van der Waals surface area contributed by atoms with Crippen molar-refractivity contribution in [3.05, 3.63) is 30.5 Å². The first-order chi connectivity index (χ1) is 7.74. The monoisotopic (exact) mass is 278 g/mol. The lowest BCUT2D eigenvalue weighted by atomic mass is 10.2. The van der Waals surface area contributed by atoms with Crippen LogP contribution in [0.5, 0.6) is 0 Å². The molecule has 1 aliphatic rings. The Hall–Kier alpha value is -1.29. The van der Waals surface area contributed by atoms with Gasteiger partial charge in [-0.25, -0.2) is 0 Å². The Morgan fingerprint density at radius 2 is 2.25 bits per heavy atom. The molecule has 1 fully saturated rings. The van der Waals surface area contributed by atoms with Crippen molar-refractivity contribution in [2.75, 3.05) is 11.4 Å². The number of alkyl halides is 1. The number of carbonyl (C=O) groups excluding carboxylic acids is 1. The molecule has 1 saturated heterocycles. The lowest BCUT2D eigenvalue weighted by Crippen LogP contribution is -2.24. The van der Waals surface area contributed by atoms with Crippen LogP contribution in [0.15, 0.2) is 30.5 Å². The zero-order valence-electron chi connectivity index (χ0n) is 8.61. The number of H-pyrrole nitrogens is 1. The van der Waals surface area contributed by atoms with E-state index in [1.54, 1.807) is 0 Å². The standard InChI is InChI=1S/C12H11BrN2O/c13-9-5-12(16)15(7-9)10-2-1-8-3-4-14-11(8)6-10/h1-4,6,9,14H,5,7H2. The van der Waals surface area contributed by atoms with E-state index in [1.807, 2.05) is 35.4 Å². The van der Waals surface area contributed by atoms with Gasteiger partial charge in [0.1, 0.15) is 0 Å². The Morgan fingerprint density at radius 3 is 3.00 bits per heavy atom. The van der Waals surface area contributed by atoms with Gasteiger partial charge in [0, 0.05) is 35.2 Å². The normalized spacial score (nSPS) is 20.9. The maximum absolute atomic E-state index is 11.7. The molecule has 1 aromatic heterocycles. The molecule has 0 radical (unpaired) electrons. The van der Waals surface area contributed by atoms with Gasteiger partial charge in [-0.05, 0) is 23.6 Å². The van der Waals surface area contributed by atoms with Crippen LogP contribution < -0.4 is 4.90 Å². The molecule has 0 saturated carbocycles. The van der Waals surface area contributed by atoms with Crippen molar-refractivity contribution in [2.45, 2.75) is 11.2 Å². The number of carbonyl (C=O) groups is 1. The molecule has 2 heterocycles. The molecular weight excluding hydrogens is 268 g/mol. The third-order valence-corrected chi connectivity index (χ3v) is 3.54. The number of aromatic nitrogens is 1. The Labute approximate surface area is 102 Å². The highest BCUT2D eigenvalue weighted by molar-refractivity contribution is 9.09. The first-order valence-corrected chi connectivity index (χ1v) is 6.17. The van der Waals surface area contributed by atoms with E-state index >= 15 is 0 Å². The average molecular weight is 279 g/mol. The molecule has 16 heavy (non-hydrogen) atoms. The van der Waals surface area contributed by atoms with Gasteiger partial charge in [-0.3, -0.25) is 4.79 Å². The number of amides is 1. The second-order valence-corrected chi connectivity index (χ2v) is 5.35. The first-order valence-electron chi connectivity index (χ1n) is 5.25. The van der Waals surface area contributed by atoms with Crippen molar-refractivity contribution in [1.82, 2.24) is 4.98 Å². The minimum atomic E-state index is 0.188. The Morgan fingerprint density at radius 1 is 1.38 bits per heavy atom. The van der Waals surface area contributed by atoms with Crippen molar-refractivity contribution in [1.29, 1.82) is 0 Å². The van der Waals surface area contributed by atoms with Gasteiger partial charge in [0.2, 0.25) is 5.91 Å². The van der Waals surface area contributed by atoms with E-state index in [9.17, 15) is 4.79 Å². The zero-order valence-corrected chi connectivity index (χ0v) is 10.2. The van der Waals surface area contributed by atoms with E-state index in [0.717, 1.165) is 17.7 Å². The van der Waals surface area contributed by atoms with Crippen LogP contribution in [0.3, 0.4) is 0 Å². The molecular formula is C12H11BrN2O. The maximum Gasteiger partial charge on any atom is 0.228 e. The summed E-state index contributed by atoms with van der Waals surface area (Å²) < 4.78 is 0. The first kappa shape index (κ1) is 9.90. The van der Waals surface area contributed by atoms with Gasteiger partial charge in [0.05, 0.1) is 0 Å². The predicted octanol–water partition coefficient (Wildman–Crippen LogP) is 2.67. The summed E-state index contributed by atoms with van der Waals surface area (Å²) in [5, 5.41) is 1.17. The van der Waals surface area contributed by atoms with Crippen LogP contribution in [0, 0.1) is 0 Å². The minimum Gasteiger partial charge on any atom is -0.361 e. The molecule has 0 bridgehead atoms. The second-order valence-electron chi connectivity index (χ2n) is 4.05. The molecule has 1 aliphatic heterocycles. The van der Waals surface area contributed by atoms with Crippen LogP contribution in [0.1, 0.15) is 6.42 Å². The number of rotatable bonds is 1. The average Bonchev–Trinajstić information content (AvgIpc) is 2.83. The summed E-state index contributed by atoms with van der Waals surface area (Å²) in [6.07, 6.45) is 2.50. The molecule has 1 amide bonds. The lowest BCUT2D eigenvalue weighted by Gasteiger charge is -2.15. The van der Waals surface area contributed by atoms with E-state index in [1.165, 1.54) is 5.39 Å². The highest BCUT2D eigenvalue weighted by Gasteiger charge is 2.28. The number of nitrogens with one attached hydrogen (secondary N) is 1. The van der Waals surface area contributed by atoms with Gasteiger partial charge in [-0.15, -0.1) is 0 Å². The van der Waals surface area contributed by atoms with E-state index in [2.05, 4.69) is 20.9 Å². The molecule has 0 aliphatic carbocycles. The van der Waals surface area contributed by atoms with Crippen molar-refractivity contribution in [2.24, 2.45) is 0 Å². The van der Waals surface area contributed by atoms with Gasteiger partial charge < -0.3 is 9.88 Å². The fourth-order valence-electron chi connectivity index (χ4n) is 2.12. The Kier molecular flexibility index (Phi) is 2.24. The highest BCUT2D eigenvalue weighted by atomic mass is 79.9. The second kappa shape index (κ2) is 3.63. The summed E-state index contributed by atoms with van der Waals surface area (Å²) >= 11 is 3.49. The van der Waals surface area contributed by atoms with Crippen molar-refractivity contribution < 1.29 is 4.79 Å². The van der Waals surface area contributed by atoms with Crippen molar-refractivity contribution >= 4 is 38.4 Å². The summed E-state index contributed by atoms with van der Waals surface area (Å²) in [4.78, 5) is 17.0. The summed E-state index contributed by atoms with van der Waals surface area (Å²) in [6, 6.07) is 8.09. The molecule has 3 rings (SSSR count). The van der Waals surface area contributed by atoms with Crippen LogP contribution in [-0.4, -0.2) is 22.3 Å². The minimum absolute atomic E-state index is 0.188. The molecule has 3 nitrogen and oxygen atoms in total. The number of anilines is 1. The van der Waals surface area contributed by atoms with Gasteiger partial charge in [-0.1, -0.05) is 22.0 Å². The number of hydrogen-bond acceptors (Lipinski definition) is 1. The molecule has 0 spiro atoms. The Bertz CT molecular complexity index is 549. The van der Waals surface area contributed by atoms with Crippen LogP contribution in [0.4, 0.5) is 5.69 Å². The van der Waals surface area contributed by atoms with Crippen LogP contribution in [-0.2, 0) is 4.79 Å². The van der Waals surface area contributed by atoms with E-state index in [-0.39, 0.29) is 10.7 Å². The molecule has 2 aromatic rings. The van der Waals surface area contributed by atoms with Crippen LogP contribution in [0.25, 0.3) is 10.9 Å². The SMILES string of the molecule is O=C1CC(Br)CN1c1ccc2cc[nH]c2c1. The van der Waals surface area contributed by atoms with Crippen LogP contribution >= 0.6 is 15.9 Å². The fraction of sp³-hybridized carbons (Fsp3) is 0.250. The van der Waals surface area contributed by atoms with Gasteiger partial charge in [0.15, 0.2) is 0 Å². The smallest absolute Gasteiger partial charge is 0.228 e. The van der Waals surface area contributed by atoms with Gasteiger partial charge >= 0.3 is 0 Å². The molecule has 4 heteroatoms. The van der Waals surface area contributed by atoms with E-state index in [4.69, 9.17) is 0 Å². The van der Waals surface area contributed by atoms with Gasteiger partial charge in [-0.2, -0.15) is 0 Å². The molecule has 1 unspecified atom stereocenters. The highest BCUT2D eigenvalue weighted by Crippen LogP contribution is 2.27. The van der Waals surface area contributed by atoms with Gasteiger partial charge in [0.25, 0.3) is 0 Å². The predicted molar refractivity (Wildman–Crippen MR) is 68.0 cm³/mol. The Balaban J connectivity index is 2.02. The largest absolute Gasteiger partial charge is 0.361 e. The molecule has 1 aromatic carbocycles. The summed E-state index contributed by atoms with van der Waals surface area (Å²) in [5.41, 5.74) is 2.05. The lowest BCUT2D eigenvalue weighted by molar-refractivity contribution is -0.117. The summed E-state index contributed by atoms with van der Waals surface area (Å²) in [6.45, 7) is 0.755. The van der Waals surface area contributed by atoms with Crippen molar-refractivity contribution in [3.8, 4) is 0 Å². The third kappa shape index (κ3) is 1.53. The number of fused-ring (bicyclic) bond motifs is 1.